The van der Waals surface area contributed by atoms with Crippen LogP contribution in [0.2, 0.25) is 0 Å². The van der Waals surface area contributed by atoms with Gasteiger partial charge in [-0.25, -0.2) is 9.59 Å². The number of piperidine rings is 1. The summed E-state index contributed by atoms with van der Waals surface area (Å²) in [4.78, 5) is 28.4. The van der Waals surface area contributed by atoms with E-state index in [1.807, 2.05) is 25.7 Å². The zero-order chi connectivity index (χ0) is 23.7. The molecule has 4 aliphatic carbocycles. The Balaban J connectivity index is 1.20. The van der Waals surface area contributed by atoms with E-state index >= 15 is 0 Å². The lowest BCUT2D eigenvalue weighted by Gasteiger charge is -2.45. The van der Waals surface area contributed by atoms with Crippen LogP contribution in [0.15, 0.2) is 4.52 Å². The minimum absolute atomic E-state index is 0.0150. The van der Waals surface area contributed by atoms with Gasteiger partial charge in [0.15, 0.2) is 5.76 Å². The molecule has 0 unspecified atom stereocenters. The smallest absolute Gasteiger partial charge is 0.410 e. The Hall–Kier alpha value is -2.05. The zero-order valence-corrected chi connectivity index (χ0v) is 20.8. The lowest BCUT2D eigenvalue weighted by Crippen LogP contribution is -2.50. The highest BCUT2D eigenvalue weighted by atomic mass is 16.6. The molecular weight excluding hydrogens is 432 g/mol. The lowest BCUT2D eigenvalue weighted by atomic mass is 9.59. The Morgan fingerprint density at radius 2 is 1.59 bits per heavy atom. The molecule has 1 amide bonds. The highest BCUT2D eigenvalue weighted by Gasteiger charge is 2.50. The summed E-state index contributed by atoms with van der Waals surface area (Å²) in [5.74, 6) is 1.66. The van der Waals surface area contributed by atoms with Gasteiger partial charge in [0.25, 0.3) is 0 Å². The van der Waals surface area contributed by atoms with Crippen LogP contribution >= 0.6 is 0 Å². The summed E-state index contributed by atoms with van der Waals surface area (Å²) in [5, 5.41) is 4.55. The van der Waals surface area contributed by atoms with E-state index in [1.54, 1.807) is 0 Å². The predicted molar refractivity (Wildman–Crippen MR) is 125 cm³/mol. The molecule has 186 valence electrons. The van der Waals surface area contributed by atoms with Crippen molar-refractivity contribution < 1.29 is 23.6 Å². The van der Waals surface area contributed by atoms with Gasteiger partial charge in [-0.15, -0.1) is 0 Å². The summed E-state index contributed by atoms with van der Waals surface area (Å²) < 4.78 is 17.7. The standard InChI is InChI=1S/C27H38N2O5/c1-26(2,3)33-25(31)29-18-6-7-19(29)15-20(14-18)32-24(30)21-22(17-4-5-17)34-28-23(21)27-11-8-16(9-12-27)10-13-27/h16-20H,4-15H2,1-3H3/t16?,18-,19+,20-,27?. The lowest BCUT2D eigenvalue weighted by molar-refractivity contribution is -0.0228. The van der Waals surface area contributed by atoms with Gasteiger partial charge in [0, 0.05) is 36.3 Å². The average Bonchev–Trinajstić information content (AvgIpc) is 3.47. The summed E-state index contributed by atoms with van der Waals surface area (Å²) in [7, 11) is 0. The molecule has 6 aliphatic rings. The highest BCUT2D eigenvalue weighted by Crippen LogP contribution is 2.54. The quantitative estimate of drug-likeness (QED) is 0.513. The van der Waals surface area contributed by atoms with Crippen molar-refractivity contribution in [2.75, 3.05) is 0 Å². The number of rotatable bonds is 4. The number of esters is 1. The minimum atomic E-state index is -0.512. The molecule has 3 heterocycles. The molecule has 0 N–H and O–H groups in total. The molecule has 7 heteroatoms. The van der Waals surface area contributed by atoms with E-state index in [0.29, 0.717) is 24.3 Å². The summed E-state index contributed by atoms with van der Waals surface area (Å²) >= 11 is 0. The number of carbonyl (C=O) groups is 2. The molecule has 2 saturated heterocycles. The molecule has 7 nitrogen and oxygen atoms in total. The molecule has 0 aromatic carbocycles. The van der Waals surface area contributed by atoms with Gasteiger partial charge in [0.05, 0.1) is 0 Å². The largest absolute Gasteiger partial charge is 0.458 e. The number of fused-ring (bicyclic) bond motifs is 5. The number of aromatic nitrogens is 1. The zero-order valence-electron chi connectivity index (χ0n) is 20.8. The summed E-state index contributed by atoms with van der Waals surface area (Å²) in [6.45, 7) is 5.69. The summed E-state index contributed by atoms with van der Waals surface area (Å²) in [6.07, 6.45) is 11.9. The third kappa shape index (κ3) is 3.93. The third-order valence-corrected chi connectivity index (χ3v) is 9.03. The number of nitrogens with zero attached hydrogens (tertiary/aromatic N) is 2. The first-order chi connectivity index (χ1) is 16.2. The van der Waals surface area contributed by atoms with E-state index in [2.05, 4.69) is 5.16 Å². The Bertz CT molecular complexity index is 938. The van der Waals surface area contributed by atoms with E-state index in [-0.39, 0.29) is 35.7 Å². The highest BCUT2D eigenvalue weighted by molar-refractivity contribution is 5.92. The van der Waals surface area contributed by atoms with Crippen molar-refractivity contribution >= 4 is 12.1 Å². The SMILES string of the molecule is CC(C)(C)OC(=O)N1[C@@H]2CC[C@H]1C[C@H](OC(=O)c1c(C34CCC(CC3)CC4)noc1C1CC1)C2. The Kier molecular flexibility index (Phi) is 5.27. The van der Waals surface area contributed by atoms with Crippen LogP contribution in [0.1, 0.15) is 126 Å². The average molecular weight is 471 g/mol. The maximum absolute atomic E-state index is 13.7. The fourth-order valence-electron chi connectivity index (χ4n) is 7.14. The van der Waals surface area contributed by atoms with E-state index in [1.165, 1.54) is 19.3 Å². The number of hydrogen-bond donors (Lipinski definition) is 0. The minimum Gasteiger partial charge on any atom is -0.458 e. The molecule has 3 atom stereocenters. The van der Waals surface area contributed by atoms with Gasteiger partial charge in [-0.05, 0) is 90.9 Å². The van der Waals surface area contributed by atoms with Crippen molar-refractivity contribution in [1.82, 2.24) is 10.1 Å². The number of ether oxygens (including phenoxy) is 2. The Morgan fingerprint density at radius 1 is 0.971 bits per heavy atom. The van der Waals surface area contributed by atoms with Gasteiger partial charge in [-0.2, -0.15) is 0 Å². The normalized spacial score (nSPS) is 34.9. The maximum Gasteiger partial charge on any atom is 0.410 e. The fourth-order valence-corrected chi connectivity index (χ4v) is 7.14. The van der Waals surface area contributed by atoms with Crippen LogP contribution in [0.3, 0.4) is 0 Å². The van der Waals surface area contributed by atoms with E-state index in [9.17, 15) is 9.59 Å². The van der Waals surface area contributed by atoms with Gasteiger partial charge >= 0.3 is 12.1 Å². The van der Waals surface area contributed by atoms with Crippen LogP contribution in [-0.2, 0) is 14.9 Å². The van der Waals surface area contributed by atoms with Crippen LogP contribution < -0.4 is 0 Å². The van der Waals surface area contributed by atoms with Gasteiger partial charge in [0.1, 0.15) is 23.0 Å². The fraction of sp³-hybridized carbons (Fsp3) is 0.815. The first-order valence-corrected chi connectivity index (χ1v) is 13.4. The second kappa shape index (κ2) is 7.99. The second-order valence-electron chi connectivity index (χ2n) is 12.6. The van der Waals surface area contributed by atoms with E-state index in [4.69, 9.17) is 14.0 Å². The first kappa shape index (κ1) is 22.4. The second-order valence-corrected chi connectivity index (χ2v) is 12.6. The van der Waals surface area contributed by atoms with Crippen LogP contribution in [0.25, 0.3) is 0 Å². The van der Waals surface area contributed by atoms with Crippen LogP contribution in [-0.4, -0.2) is 45.9 Å². The number of carbonyl (C=O) groups excluding carboxylic acids is 2. The van der Waals surface area contributed by atoms with Crippen molar-refractivity contribution in [1.29, 1.82) is 0 Å². The first-order valence-electron chi connectivity index (χ1n) is 13.4. The van der Waals surface area contributed by atoms with Crippen LogP contribution in [0.5, 0.6) is 0 Å². The van der Waals surface area contributed by atoms with E-state index in [0.717, 1.165) is 62.3 Å². The van der Waals surface area contributed by atoms with Crippen molar-refractivity contribution in [3.05, 3.63) is 17.0 Å². The van der Waals surface area contributed by atoms with Crippen LogP contribution in [0.4, 0.5) is 4.79 Å². The summed E-state index contributed by atoms with van der Waals surface area (Å²) in [6, 6.07) is 0.145. The van der Waals surface area contributed by atoms with Crippen molar-refractivity contribution in [3.8, 4) is 0 Å². The number of amides is 1. The van der Waals surface area contributed by atoms with Crippen molar-refractivity contribution in [3.63, 3.8) is 0 Å². The Labute approximate surface area is 201 Å². The van der Waals surface area contributed by atoms with Crippen molar-refractivity contribution in [2.45, 2.75) is 133 Å². The van der Waals surface area contributed by atoms with Gasteiger partial charge < -0.3 is 18.9 Å². The molecule has 2 aliphatic heterocycles. The van der Waals surface area contributed by atoms with Crippen molar-refractivity contribution in [2.24, 2.45) is 5.92 Å². The summed E-state index contributed by atoms with van der Waals surface area (Å²) in [5.41, 5.74) is 0.997. The maximum atomic E-state index is 13.7. The molecule has 34 heavy (non-hydrogen) atoms. The molecule has 1 aromatic heterocycles. The Morgan fingerprint density at radius 3 is 2.15 bits per heavy atom. The van der Waals surface area contributed by atoms with Crippen LogP contribution in [0, 0.1) is 5.92 Å². The molecular formula is C27H38N2O5. The topological polar surface area (TPSA) is 81.9 Å². The third-order valence-electron chi connectivity index (χ3n) is 9.03. The van der Waals surface area contributed by atoms with Gasteiger partial charge in [-0.1, -0.05) is 5.16 Å². The molecule has 4 bridgehead atoms. The molecule has 6 fully saturated rings. The molecule has 7 rings (SSSR count). The molecule has 4 saturated carbocycles. The van der Waals surface area contributed by atoms with Gasteiger partial charge in [0.2, 0.25) is 0 Å². The monoisotopic (exact) mass is 470 g/mol. The van der Waals surface area contributed by atoms with E-state index < -0.39 is 5.60 Å². The predicted octanol–water partition coefficient (Wildman–Crippen LogP) is 5.86. The molecule has 0 radical (unpaired) electrons. The van der Waals surface area contributed by atoms with Gasteiger partial charge in [-0.3, -0.25) is 0 Å². The molecule has 0 spiro atoms. The number of hydrogen-bond acceptors (Lipinski definition) is 6. The molecule has 1 aromatic rings.